The van der Waals surface area contributed by atoms with Gasteiger partial charge in [0, 0.05) is 0 Å². The molecular formula is C18H34O15. The van der Waals surface area contributed by atoms with Crippen molar-refractivity contribution < 1.29 is 75.1 Å². The highest BCUT2D eigenvalue weighted by Crippen LogP contribution is 2.28. The fourth-order valence-electron chi connectivity index (χ4n) is 3.57. The molecule has 33 heavy (non-hydrogen) atoms. The van der Waals surface area contributed by atoms with Crippen LogP contribution in [-0.4, -0.2) is 162 Å². The van der Waals surface area contributed by atoms with E-state index in [1.54, 1.807) is 0 Å². The zero-order chi connectivity index (χ0) is 25.0. The Kier molecular flexibility index (Phi) is 10.7. The van der Waals surface area contributed by atoms with Crippen molar-refractivity contribution in [2.45, 2.75) is 92.8 Å². The van der Waals surface area contributed by atoms with Crippen molar-refractivity contribution in [3.8, 4) is 0 Å². The number of ether oxygens (including phenoxy) is 4. The molecule has 0 amide bonds. The van der Waals surface area contributed by atoms with E-state index in [9.17, 15) is 56.2 Å². The molecule has 0 aliphatic carbocycles. The second-order valence-corrected chi connectivity index (χ2v) is 8.08. The van der Waals surface area contributed by atoms with Crippen LogP contribution in [0.1, 0.15) is 6.92 Å². The molecule has 0 saturated carbocycles. The summed E-state index contributed by atoms with van der Waals surface area (Å²) in [5.41, 5.74) is 0. The quantitative estimate of drug-likeness (QED) is 0.136. The van der Waals surface area contributed by atoms with Crippen LogP contribution in [0.5, 0.6) is 0 Å². The van der Waals surface area contributed by atoms with Gasteiger partial charge in [0.15, 0.2) is 12.6 Å². The Balaban J connectivity index is 2.26. The summed E-state index contributed by atoms with van der Waals surface area (Å²) < 4.78 is 21.3. The molecule has 0 bridgehead atoms. The molecule has 196 valence electrons. The highest BCUT2D eigenvalue weighted by atomic mass is 16.7. The summed E-state index contributed by atoms with van der Waals surface area (Å²) in [6, 6.07) is 0. The number of aliphatic hydroxyl groups excluding tert-OH is 11. The van der Waals surface area contributed by atoms with Gasteiger partial charge in [-0.15, -0.1) is 0 Å². The molecule has 15 nitrogen and oxygen atoms in total. The van der Waals surface area contributed by atoms with Gasteiger partial charge in [0.05, 0.1) is 25.9 Å². The van der Waals surface area contributed by atoms with Crippen LogP contribution in [0.3, 0.4) is 0 Å². The molecule has 11 N–H and O–H groups in total. The zero-order valence-corrected chi connectivity index (χ0v) is 17.8. The van der Waals surface area contributed by atoms with Gasteiger partial charge in [0.2, 0.25) is 0 Å². The number of aliphatic hydroxyl groups is 11. The molecule has 2 saturated heterocycles. The smallest absolute Gasteiger partial charge is 0.187 e. The van der Waals surface area contributed by atoms with E-state index >= 15 is 0 Å². The predicted molar refractivity (Wildman–Crippen MR) is 102 cm³/mol. The molecular weight excluding hydrogens is 456 g/mol. The minimum Gasteiger partial charge on any atom is -0.394 e. The molecule has 0 unspecified atom stereocenters. The average molecular weight is 490 g/mol. The molecule has 15 heteroatoms. The van der Waals surface area contributed by atoms with Gasteiger partial charge >= 0.3 is 0 Å². The minimum atomic E-state index is -1.99. The molecule has 0 aromatic heterocycles. The minimum absolute atomic E-state index is 0.780. The third-order valence-electron chi connectivity index (χ3n) is 5.72. The van der Waals surface area contributed by atoms with Crippen LogP contribution in [0, 0.1) is 0 Å². The lowest BCUT2D eigenvalue weighted by molar-refractivity contribution is -0.349. The Morgan fingerprint density at radius 1 is 0.697 bits per heavy atom. The van der Waals surface area contributed by atoms with Crippen molar-refractivity contribution >= 4 is 0 Å². The van der Waals surface area contributed by atoms with E-state index in [0.717, 1.165) is 0 Å². The van der Waals surface area contributed by atoms with Crippen molar-refractivity contribution in [2.75, 3.05) is 19.8 Å². The molecule has 2 rings (SSSR count). The van der Waals surface area contributed by atoms with Crippen molar-refractivity contribution in [2.24, 2.45) is 0 Å². The molecule has 2 fully saturated rings. The Labute approximate surface area is 188 Å². The highest BCUT2D eigenvalue weighted by molar-refractivity contribution is 4.93. The van der Waals surface area contributed by atoms with E-state index in [4.69, 9.17) is 18.9 Å². The fourth-order valence-corrected chi connectivity index (χ4v) is 3.57. The summed E-state index contributed by atoms with van der Waals surface area (Å²) >= 11 is 0. The summed E-state index contributed by atoms with van der Waals surface area (Å²) in [4.78, 5) is 0. The van der Waals surface area contributed by atoms with Crippen LogP contribution in [-0.2, 0) is 18.9 Å². The van der Waals surface area contributed by atoms with Gasteiger partial charge in [-0.25, -0.2) is 0 Å². The third-order valence-corrected chi connectivity index (χ3v) is 5.72. The highest BCUT2D eigenvalue weighted by Gasteiger charge is 2.49. The first kappa shape index (κ1) is 28.6. The molecule has 2 aliphatic rings. The van der Waals surface area contributed by atoms with Gasteiger partial charge in [-0.2, -0.15) is 0 Å². The van der Waals surface area contributed by atoms with E-state index in [1.807, 2.05) is 0 Å². The van der Waals surface area contributed by atoms with Crippen LogP contribution < -0.4 is 0 Å². The number of rotatable bonds is 10. The van der Waals surface area contributed by atoms with Crippen LogP contribution >= 0.6 is 0 Å². The van der Waals surface area contributed by atoms with Crippen molar-refractivity contribution in [3.05, 3.63) is 0 Å². The van der Waals surface area contributed by atoms with Gasteiger partial charge in [0.25, 0.3) is 0 Å². The maximum absolute atomic E-state index is 10.5. The molecule has 14 atom stereocenters. The van der Waals surface area contributed by atoms with E-state index in [1.165, 1.54) is 6.92 Å². The second-order valence-electron chi connectivity index (χ2n) is 8.08. The van der Waals surface area contributed by atoms with Crippen LogP contribution in [0.25, 0.3) is 0 Å². The van der Waals surface area contributed by atoms with Crippen molar-refractivity contribution in [3.63, 3.8) is 0 Å². The molecule has 0 aromatic rings. The van der Waals surface area contributed by atoms with Gasteiger partial charge in [-0.3, -0.25) is 0 Å². The standard InChI is InChI=1S/C18H34O15/c1-5-9(23)12(26)14(28)17(30-5)32-8(4-21)16(10(24)6(22)2-19)33-18-15(29)13(27)11(25)7(3-20)31-18/h5-29H,2-4H2,1H3/t5-,6+,7+,8-,9+,10-,11-,12+,13-,14-,15+,16+,17-,18+/m0/s1. The molecule has 0 aromatic carbocycles. The van der Waals surface area contributed by atoms with Gasteiger partial charge < -0.3 is 75.1 Å². The summed E-state index contributed by atoms with van der Waals surface area (Å²) in [6.45, 7) is -1.32. The largest absolute Gasteiger partial charge is 0.394 e. The first-order valence-electron chi connectivity index (χ1n) is 10.4. The number of hydrogen-bond donors (Lipinski definition) is 11. The molecule has 0 spiro atoms. The Morgan fingerprint density at radius 2 is 1.24 bits per heavy atom. The van der Waals surface area contributed by atoms with E-state index in [-0.39, 0.29) is 0 Å². The summed E-state index contributed by atoms with van der Waals surface area (Å²) in [7, 11) is 0. The lowest BCUT2D eigenvalue weighted by Gasteiger charge is -2.44. The topological polar surface area (TPSA) is 259 Å². The van der Waals surface area contributed by atoms with Crippen molar-refractivity contribution in [1.29, 1.82) is 0 Å². The first-order valence-corrected chi connectivity index (χ1v) is 10.4. The van der Waals surface area contributed by atoms with Crippen LogP contribution in [0.2, 0.25) is 0 Å². The number of hydrogen-bond acceptors (Lipinski definition) is 15. The lowest BCUT2D eigenvalue weighted by atomic mass is 9.98. The van der Waals surface area contributed by atoms with Gasteiger partial charge in [-0.1, -0.05) is 0 Å². The predicted octanol–water partition coefficient (Wildman–Crippen LogP) is -6.91. The van der Waals surface area contributed by atoms with E-state index < -0.39 is 106 Å². The Hall–Kier alpha value is -0.600. The molecule has 2 aliphatic heterocycles. The SMILES string of the molecule is C[C@@H]1O[C@@H](O[C@@H](CO)[C@@H](O[C@H]2O[C@H](CO)[C@H](O)[C@H](O)[C@H]2O)[C@@H](O)[C@H](O)CO)[C@@H](O)[C@H](O)[C@@H]1O. The van der Waals surface area contributed by atoms with Crippen molar-refractivity contribution in [1.82, 2.24) is 0 Å². The normalized spacial score (nSPS) is 43.6. The average Bonchev–Trinajstić information content (AvgIpc) is 2.81. The van der Waals surface area contributed by atoms with Crippen LogP contribution in [0.4, 0.5) is 0 Å². The third kappa shape index (κ3) is 6.35. The zero-order valence-electron chi connectivity index (χ0n) is 17.8. The Morgan fingerprint density at radius 3 is 1.76 bits per heavy atom. The molecule has 2 heterocycles. The Bertz CT molecular complexity index is 581. The summed E-state index contributed by atoms with van der Waals surface area (Å²) in [6.07, 6.45) is -23.5. The van der Waals surface area contributed by atoms with Crippen LogP contribution in [0.15, 0.2) is 0 Å². The molecule has 0 radical (unpaired) electrons. The first-order chi connectivity index (χ1) is 15.5. The van der Waals surface area contributed by atoms with E-state index in [0.29, 0.717) is 0 Å². The lowest BCUT2D eigenvalue weighted by Crippen LogP contribution is -2.63. The summed E-state index contributed by atoms with van der Waals surface area (Å²) in [5.74, 6) is 0. The van der Waals surface area contributed by atoms with E-state index in [2.05, 4.69) is 0 Å². The summed E-state index contributed by atoms with van der Waals surface area (Å²) in [5, 5.41) is 109. The van der Waals surface area contributed by atoms with Gasteiger partial charge in [0.1, 0.15) is 67.1 Å². The fraction of sp³-hybridized carbons (Fsp3) is 1.00. The van der Waals surface area contributed by atoms with Gasteiger partial charge in [-0.05, 0) is 6.92 Å². The monoisotopic (exact) mass is 490 g/mol. The maximum Gasteiger partial charge on any atom is 0.187 e. The maximum atomic E-state index is 10.5. The second kappa shape index (κ2) is 12.4.